The number of hydrogen-bond donors (Lipinski definition) is 3. The highest BCUT2D eigenvalue weighted by atomic mass is 16.5. The number of hydrogen-bond acceptors (Lipinski definition) is 5. The smallest absolute Gasteiger partial charge is 0.305 e. The third-order valence-corrected chi connectivity index (χ3v) is 14.8. The molecule has 0 aliphatic rings. The summed E-state index contributed by atoms with van der Waals surface area (Å²) in [5.74, 6) is -0.101. The zero-order valence-corrected chi connectivity index (χ0v) is 48.9. The number of aliphatic hydroxyl groups is 2. The maximum absolute atomic E-state index is 12.5. The van der Waals surface area contributed by atoms with Crippen molar-refractivity contribution in [3.8, 4) is 0 Å². The van der Waals surface area contributed by atoms with Gasteiger partial charge in [0.05, 0.1) is 25.4 Å². The third kappa shape index (κ3) is 58.9. The van der Waals surface area contributed by atoms with Crippen molar-refractivity contribution in [2.45, 2.75) is 353 Å². The molecule has 0 spiro atoms. The lowest BCUT2D eigenvalue weighted by Gasteiger charge is -2.20. The second-order valence-corrected chi connectivity index (χ2v) is 22.1. The molecule has 0 aromatic heterocycles. The fourth-order valence-corrected chi connectivity index (χ4v) is 9.84. The number of ether oxygens (including phenoxy) is 1. The van der Waals surface area contributed by atoms with E-state index in [1.165, 1.54) is 231 Å². The van der Waals surface area contributed by atoms with Crippen LogP contribution >= 0.6 is 0 Å². The van der Waals surface area contributed by atoms with Crippen LogP contribution in [-0.4, -0.2) is 47.4 Å². The molecule has 73 heavy (non-hydrogen) atoms. The normalized spacial score (nSPS) is 12.9. The highest BCUT2D eigenvalue weighted by Gasteiger charge is 2.18. The number of carbonyl (C=O) groups is 2. The lowest BCUT2D eigenvalue weighted by Crippen LogP contribution is -2.45. The van der Waals surface area contributed by atoms with Crippen LogP contribution in [0.3, 0.4) is 0 Å². The number of carbonyl (C=O) groups excluding carboxylic acids is 2. The lowest BCUT2D eigenvalue weighted by molar-refractivity contribution is -0.143. The first-order valence-corrected chi connectivity index (χ1v) is 32.4. The molecule has 0 aliphatic carbocycles. The molecule has 6 nitrogen and oxygen atoms in total. The Morgan fingerprint density at radius 2 is 0.685 bits per heavy atom. The highest BCUT2D eigenvalue weighted by Crippen LogP contribution is 2.17. The van der Waals surface area contributed by atoms with Gasteiger partial charge < -0.3 is 20.3 Å². The average molecular weight is 1020 g/mol. The highest BCUT2D eigenvalue weighted by molar-refractivity contribution is 5.76. The number of rotatable bonds is 60. The minimum atomic E-state index is -0.857. The second-order valence-electron chi connectivity index (χ2n) is 22.1. The summed E-state index contributed by atoms with van der Waals surface area (Å²) in [5, 5.41) is 23.2. The van der Waals surface area contributed by atoms with E-state index in [1.807, 2.05) is 6.08 Å². The van der Waals surface area contributed by atoms with Gasteiger partial charge in [-0.1, -0.05) is 281 Å². The number of aliphatic hydroxyl groups excluding tert-OH is 2. The van der Waals surface area contributed by atoms with E-state index in [0.29, 0.717) is 19.4 Å². The summed E-state index contributed by atoms with van der Waals surface area (Å²) >= 11 is 0. The quantitative estimate of drug-likeness (QED) is 0.0320. The zero-order chi connectivity index (χ0) is 52.9. The van der Waals surface area contributed by atoms with Crippen molar-refractivity contribution in [2.24, 2.45) is 0 Å². The van der Waals surface area contributed by atoms with E-state index >= 15 is 0 Å². The fraction of sp³-hybridized carbons (Fsp3) is 0.851. The van der Waals surface area contributed by atoms with Gasteiger partial charge in [0.25, 0.3) is 0 Å². The Balaban J connectivity index is 3.52. The van der Waals surface area contributed by atoms with E-state index < -0.39 is 12.1 Å². The Morgan fingerprint density at radius 3 is 1.05 bits per heavy atom. The van der Waals surface area contributed by atoms with E-state index in [2.05, 4.69) is 55.6 Å². The first-order valence-electron chi connectivity index (χ1n) is 32.4. The van der Waals surface area contributed by atoms with E-state index in [-0.39, 0.29) is 18.5 Å². The summed E-state index contributed by atoms with van der Waals surface area (Å²) in [5.41, 5.74) is 0. The molecule has 428 valence electrons. The largest absolute Gasteiger partial charge is 0.466 e. The van der Waals surface area contributed by atoms with E-state index in [1.54, 1.807) is 6.08 Å². The van der Waals surface area contributed by atoms with Crippen LogP contribution in [0.5, 0.6) is 0 Å². The Hall–Kier alpha value is -2.18. The van der Waals surface area contributed by atoms with Gasteiger partial charge in [-0.25, -0.2) is 0 Å². The summed E-state index contributed by atoms with van der Waals surface area (Å²) in [6, 6.07) is -0.642. The molecule has 1 amide bonds. The van der Waals surface area contributed by atoms with Gasteiger partial charge in [0.15, 0.2) is 0 Å². The molecule has 0 radical (unpaired) electrons. The molecule has 0 saturated heterocycles. The first kappa shape index (κ1) is 70.8. The number of allylic oxidation sites excluding steroid dienone is 7. The van der Waals surface area contributed by atoms with Gasteiger partial charge in [0.1, 0.15) is 0 Å². The van der Waals surface area contributed by atoms with Gasteiger partial charge in [0.2, 0.25) is 5.91 Å². The van der Waals surface area contributed by atoms with E-state index in [9.17, 15) is 19.8 Å². The van der Waals surface area contributed by atoms with Crippen LogP contribution in [0.15, 0.2) is 48.6 Å². The molecule has 0 aliphatic heterocycles. The predicted molar refractivity (Wildman–Crippen MR) is 319 cm³/mol. The molecule has 0 fully saturated rings. The Kier molecular flexibility index (Phi) is 60.5. The van der Waals surface area contributed by atoms with Gasteiger partial charge in [-0.3, -0.25) is 9.59 Å². The molecule has 2 unspecified atom stereocenters. The van der Waals surface area contributed by atoms with Crippen molar-refractivity contribution in [3.05, 3.63) is 48.6 Å². The minimum absolute atomic E-state index is 0.0192. The molecule has 0 aromatic rings. The van der Waals surface area contributed by atoms with Crippen LogP contribution in [0, 0.1) is 0 Å². The SMILES string of the molecule is CCCCCCCCC/C=C\CCCCCCCCCC(=O)OCCCCC/C=C\C/C=C\CCCCCCCCCC(=O)NC(CO)C(O)/C=C/CCCCCCCCCCCCCCCCCCCCC. The van der Waals surface area contributed by atoms with E-state index in [0.717, 1.165) is 83.5 Å². The third-order valence-electron chi connectivity index (χ3n) is 14.8. The Morgan fingerprint density at radius 1 is 0.384 bits per heavy atom. The average Bonchev–Trinajstić information content (AvgIpc) is 3.39. The monoisotopic (exact) mass is 1020 g/mol. The van der Waals surface area contributed by atoms with Crippen molar-refractivity contribution in [1.82, 2.24) is 5.32 Å². The van der Waals surface area contributed by atoms with Crippen LogP contribution in [0.25, 0.3) is 0 Å². The van der Waals surface area contributed by atoms with Gasteiger partial charge >= 0.3 is 5.97 Å². The predicted octanol–water partition coefficient (Wildman–Crippen LogP) is 20.5. The van der Waals surface area contributed by atoms with Crippen LogP contribution < -0.4 is 5.32 Å². The number of unbranched alkanes of at least 4 members (excludes halogenated alkanes) is 43. The molecule has 0 rings (SSSR count). The van der Waals surface area contributed by atoms with Gasteiger partial charge in [-0.15, -0.1) is 0 Å². The van der Waals surface area contributed by atoms with Gasteiger partial charge in [-0.2, -0.15) is 0 Å². The maximum atomic E-state index is 12.5. The Bertz CT molecular complexity index is 1230. The summed E-state index contributed by atoms with van der Waals surface area (Å²) in [6.45, 7) is 4.87. The lowest BCUT2D eigenvalue weighted by atomic mass is 10.0. The molecule has 6 heteroatoms. The van der Waals surface area contributed by atoms with Crippen LogP contribution in [0.1, 0.15) is 341 Å². The van der Waals surface area contributed by atoms with Crippen LogP contribution in [-0.2, 0) is 14.3 Å². The van der Waals surface area contributed by atoms with Crippen molar-refractivity contribution in [2.75, 3.05) is 13.2 Å². The Labute approximate surface area is 455 Å². The van der Waals surface area contributed by atoms with Crippen molar-refractivity contribution in [1.29, 1.82) is 0 Å². The summed E-state index contributed by atoms with van der Waals surface area (Å²) in [6.07, 6.45) is 80.1. The number of amides is 1. The topological polar surface area (TPSA) is 95.9 Å². The minimum Gasteiger partial charge on any atom is -0.466 e. The number of esters is 1. The first-order chi connectivity index (χ1) is 36.0. The summed E-state index contributed by atoms with van der Waals surface area (Å²) < 4.78 is 5.47. The molecule has 2 atom stereocenters. The molecular formula is C67H125NO5. The van der Waals surface area contributed by atoms with Crippen molar-refractivity contribution in [3.63, 3.8) is 0 Å². The molecule has 0 aromatic carbocycles. The fourth-order valence-electron chi connectivity index (χ4n) is 9.84. The molecule has 0 bridgehead atoms. The van der Waals surface area contributed by atoms with Crippen LogP contribution in [0.4, 0.5) is 0 Å². The van der Waals surface area contributed by atoms with Gasteiger partial charge in [-0.05, 0) is 96.3 Å². The van der Waals surface area contributed by atoms with Crippen molar-refractivity contribution < 1.29 is 24.5 Å². The zero-order valence-electron chi connectivity index (χ0n) is 48.9. The summed E-state index contributed by atoms with van der Waals surface area (Å²) in [7, 11) is 0. The second kappa shape index (κ2) is 62.4. The standard InChI is InChI=1S/C67H125NO5/c1-3-5-7-9-11-13-15-17-19-21-23-24-25-27-31-35-39-43-47-51-55-59-65(70)64(63-69)68-66(71)60-56-52-48-44-40-36-32-28-26-30-34-38-42-46-50-54-58-62-73-67(72)61-57-53-49-45-41-37-33-29-22-20-18-16-14-12-10-8-6-4-2/h20,22,26,30,38,42,55,59,64-65,69-70H,3-19,21,23-25,27-29,31-37,39-41,43-54,56-58,60-63H2,1-2H3,(H,68,71)/b22-20-,30-26-,42-38-,59-55+. The maximum Gasteiger partial charge on any atom is 0.305 e. The number of nitrogens with one attached hydrogen (secondary N) is 1. The van der Waals surface area contributed by atoms with Crippen LogP contribution in [0.2, 0.25) is 0 Å². The summed E-state index contributed by atoms with van der Waals surface area (Å²) in [4.78, 5) is 24.6. The molecule has 0 heterocycles. The van der Waals surface area contributed by atoms with E-state index in [4.69, 9.17) is 4.74 Å². The van der Waals surface area contributed by atoms with Crippen molar-refractivity contribution >= 4 is 11.9 Å². The molecule has 0 saturated carbocycles. The molecular weight excluding hydrogens is 899 g/mol. The molecule has 3 N–H and O–H groups in total. The van der Waals surface area contributed by atoms with Gasteiger partial charge in [0, 0.05) is 12.8 Å².